The Kier molecular flexibility index (Phi) is 4.80. The average molecular weight is 262 g/mol. The summed E-state index contributed by atoms with van der Waals surface area (Å²) in [6.45, 7) is 3.63. The number of unbranched alkanes of at least 4 members (excludes halogenated alkanes) is 2. The van der Waals surface area contributed by atoms with Gasteiger partial charge in [-0.05, 0) is 24.1 Å². The second-order valence-electron chi connectivity index (χ2n) is 4.92. The molecule has 1 heterocycles. The molecule has 0 radical (unpaired) electrons. The Balaban J connectivity index is 2.08. The van der Waals surface area contributed by atoms with Crippen LogP contribution in [0.15, 0.2) is 24.3 Å². The predicted molar refractivity (Wildman–Crippen MR) is 75.0 cm³/mol. The van der Waals surface area contributed by atoms with Gasteiger partial charge in [0, 0.05) is 6.54 Å². The largest absolute Gasteiger partial charge is 0.497 e. The van der Waals surface area contributed by atoms with Crippen molar-refractivity contribution in [3.8, 4) is 5.75 Å². The molecule has 2 rings (SSSR count). The first-order valence-electron chi connectivity index (χ1n) is 6.92. The van der Waals surface area contributed by atoms with E-state index >= 15 is 0 Å². The van der Waals surface area contributed by atoms with E-state index in [0.29, 0.717) is 6.54 Å². The van der Waals surface area contributed by atoms with Crippen LogP contribution in [0.2, 0.25) is 0 Å². The summed E-state index contributed by atoms with van der Waals surface area (Å²) in [4.78, 5) is 13.8. The molecule has 1 aliphatic heterocycles. The van der Waals surface area contributed by atoms with Gasteiger partial charge >= 0.3 is 0 Å². The molecule has 1 saturated heterocycles. The summed E-state index contributed by atoms with van der Waals surface area (Å²) in [5.41, 5.74) is 1.08. The smallest absolute Gasteiger partial charge is 0.235 e. The van der Waals surface area contributed by atoms with Gasteiger partial charge in [-0.25, -0.2) is 0 Å². The number of hydrogen-bond donors (Lipinski definition) is 1. The van der Waals surface area contributed by atoms with Crippen LogP contribution in [0.1, 0.15) is 37.9 Å². The van der Waals surface area contributed by atoms with Crippen molar-refractivity contribution < 1.29 is 9.53 Å². The van der Waals surface area contributed by atoms with Crippen LogP contribution in [0.5, 0.6) is 5.75 Å². The summed E-state index contributed by atoms with van der Waals surface area (Å²) in [6, 6.07) is 7.90. The van der Waals surface area contributed by atoms with Crippen LogP contribution >= 0.6 is 0 Å². The van der Waals surface area contributed by atoms with E-state index in [1.54, 1.807) is 7.11 Å². The highest BCUT2D eigenvalue weighted by Crippen LogP contribution is 2.25. The van der Waals surface area contributed by atoms with Gasteiger partial charge in [0.25, 0.3) is 0 Å². The Hall–Kier alpha value is -1.55. The summed E-state index contributed by atoms with van der Waals surface area (Å²) in [6.07, 6.45) is 3.51. The highest BCUT2D eigenvalue weighted by Gasteiger charge is 2.30. The molecule has 1 N–H and O–H groups in total. The van der Waals surface area contributed by atoms with Crippen LogP contribution in [0.4, 0.5) is 0 Å². The summed E-state index contributed by atoms with van der Waals surface area (Å²) in [5, 5.41) is 3.03. The number of ether oxygens (including phenoxy) is 1. The Labute approximate surface area is 114 Å². The van der Waals surface area contributed by atoms with E-state index in [1.807, 2.05) is 24.3 Å². The van der Waals surface area contributed by atoms with Crippen molar-refractivity contribution in [1.82, 2.24) is 10.2 Å². The lowest BCUT2D eigenvalue weighted by Crippen LogP contribution is -2.28. The molecule has 0 saturated carbocycles. The zero-order chi connectivity index (χ0) is 13.7. The molecule has 0 aromatic heterocycles. The molecule has 19 heavy (non-hydrogen) atoms. The molecule has 1 amide bonds. The summed E-state index contributed by atoms with van der Waals surface area (Å²) in [5.74, 6) is 0.927. The monoisotopic (exact) mass is 262 g/mol. The van der Waals surface area contributed by atoms with E-state index < -0.39 is 0 Å². The second-order valence-corrected chi connectivity index (χ2v) is 4.92. The maximum Gasteiger partial charge on any atom is 0.235 e. The van der Waals surface area contributed by atoms with Crippen molar-refractivity contribution in [3.63, 3.8) is 0 Å². The van der Waals surface area contributed by atoms with Gasteiger partial charge in [-0.1, -0.05) is 31.9 Å². The Morgan fingerprint density at radius 2 is 2.26 bits per heavy atom. The first kappa shape index (κ1) is 13.9. The van der Waals surface area contributed by atoms with Crippen LogP contribution in [0, 0.1) is 0 Å². The number of nitrogens with zero attached hydrogens (tertiary/aromatic N) is 1. The maximum atomic E-state index is 11.6. The van der Waals surface area contributed by atoms with Crippen LogP contribution in [-0.4, -0.2) is 31.0 Å². The van der Waals surface area contributed by atoms with Crippen LogP contribution in [0.3, 0.4) is 0 Å². The minimum absolute atomic E-state index is 0.0144. The van der Waals surface area contributed by atoms with E-state index in [-0.39, 0.29) is 12.1 Å². The molecule has 0 bridgehead atoms. The fourth-order valence-corrected chi connectivity index (χ4v) is 2.44. The van der Waals surface area contributed by atoms with Crippen molar-refractivity contribution in [1.29, 1.82) is 0 Å². The number of hydrogen-bond acceptors (Lipinski definition) is 3. The van der Waals surface area contributed by atoms with Crippen LogP contribution in [-0.2, 0) is 4.79 Å². The van der Waals surface area contributed by atoms with Gasteiger partial charge in [0.1, 0.15) is 11.9 Å². The van der Waals surface area contributed by atoms with Crippen molar-refractivity contribution in [2.24, 2.45) is 0 Å². The molecule has 1 aliphatic rings. The summed E-state index contributed by atoms with van der Waals surface area (Å²) < 4.78 is 5.24. The first-order chi connectivity index (χ1) is 9.24. The standard InChI is InChI=1S/C15H22N2O2/c1-3-4-5-9-17-11-14(18)16-15(17)12-7-6-8-13(10-12)19-2/h6-8,10,15H,3-5,9,11H2,1-2H3,(H,16,18)/t15-/m1/s1. The molecular formula is C15H22N2O2. The Morgan fingerprint density at radius 1 is 1.42 bits per heavy atom. The number of carbonyl (C=O) groups is 1. The number of benzene rings is 1. The first-order valence-corrected chi connectivity index (χ1v) is 6.92. The molecule has 0 spiro atoms. The maximum absolute atomic E-state index is 11.6. The zero-order valence-corrected chi connectivity index (χ0v) is 11.7. The second kappa shape index (κ2) is 6.57. The van der Waals surface area contributed by atoms with Crippen LogP contribution in [0.25, 0.3) is 0 Å². The third-order valence-corrected chi connectivity index (χ3v) is 3.47. The van der Waals surface area contributed by atoms with Gasteiger partial charge < -0.3 is 10.1 Å². The van der Waals surface area contributed by atoms with Gasteiger partial charge in [-0.3, -0.25) is 9.69 Å². The summed E-state index contributed by atoms with van der Waals surface area (Å²) in [7, 11) is 1.66. The highest BCUT2D eigenvalue weighted by molar-refractivity contribution is 5.80. The molecule has 4 heteroatoms. The minimum Gasteiger partial charge on any atom is -0.497 e. The fourth-order valence-electron chi connectivity index (χ4n) is 2.44. The average Bonchev–Trinajstić information content (AvgIpc) is 2.80. The van der Waals surface area contributed by atoms with E-state index in [2.05, 4.69) is 17.1 Å². The number of carbonyl (C=O) groups excluding carboxylic acids is 1. The SMILES string of the molecule is CCCCCN1CC(=O)N[C@H]1c1cccc(OC)c1. The third kappa shape index (κ3) is 3.47. The topological polar surface area (TPSA) is 41.6 Å². The third-order valence-electron chi connectivity index (χ3n) is 3.47. The van der Waals surface area contributed by atoms with Gasteiger partial charge in [-0.15, -0.1) is 0 Å². The normalized spacial score (nSPS) is 19.5. The molecule has 0 unspecified atom stereocenters. The lowest BCUT2D eigenvalue weighted by molar-refractivity contribution is -0.118. The Morgan fingerprint density at radius 3 is 3.00 bits per heavy atom. The molecule has 104 valence electrons. The van der Waals surface area contributed by atoms with Gasteiger partial charge in [0.05, 0.1) is 13.7 Å². The quantitative estimate of drug-likeness (QED) is 0.800. The molecule has 1 fully saturated rings. The van der Waals surface area contributed by atoms with Crippen molar-refractivity contribution in [2.45, 2.75) is 32.4 Å². The molecule has 0 aliphatic carbocycles. The number of amides is 1. The van der Waals surface area contributed by atoms with E-state index in [1.165, 1.54) is 12.8 Å². The van der Waals surface area contributed by atoms with Crippen molar-refractivity contribution >= 4 is 5.91 Å². The summed E-state index contributed by atoms with van der Waals surface area (Å²) >= 11 is 0. The fraction of sp³-hybridized carbons (Fsp3) is 0.533. The lowest BCUT2D eigenvalue weighted by atomic mass is 10.1. The van der Waals surface area contributed by atoms with Crippen molar-refractivity contribution in [2.75, 3.05) is 20.2 Å². The van der Waals surface area contributed by atoms with E-state index in [4.69, 9.17) is 4.74 Å². The molecule has 1 atom stereocenters. The lowest BCUT2D eigenvalue weighted by Gasteiger charge is -2.23. The highest BCUT2D eigenvalue weighted by atomic mass is 16.5. The van der Waals surface area contributed by atoms with E-state index in [9.17, 15) is 4.79 Å². The molecule has 1 aromatic carbocycles. The Bertz CT molecular complexity index is 434. The number of rotatable bonds is 6. The van der Waals surface area contributed by atoms with E-state index in [0.717, 1.165) is 24.3 Å². The van der Waals surface area contributed by atoms with Gasteiger partial charge in [0.15, 0.2) is 0 Å². The predicted octanol–water partition coefficient (Wildman–Crippen LogP) is 2.32. The molecule has 4 nitrogen and oxygen atoms in total. The van der Waals surface area contributed by atoms with Crippen LogP contribution < -0.4 is 10.1 Å². The zero-order valence-electron chi connectivity index (χ0n) is 11.7. The molecular weight excluding hydrogens is 240 g/mol. The number of nitrogens with one attached hydrogen (secondary N) is 1. The molecule has 1 aromatic rings. The number of methoxy groups -OCH3 is 1. The minimum atomic E-state index is -0.0144. The van der Waals surface area contributed by atoms with Gasteiger partial charge in [-0.2, -0.15) is 0 Å². The van der Waals surface area contributed by atoms with Gasteiger partial charge in [0.2, 0.25) is 5.91 Å². The van der Waals surface area contributed by atoms with Crippen molar-refractivity contribution in [3.05, 3.63) is 29.8 Å².